The van der Waals surface area contributed by atoms with Gasteiger partial charge in [0.15, 0.2) is 0 Å². The molecule has 0 aromatic rings. The molecule has 1 rings (SSSR count). The molecule has 1 aliphatic heterocycles. The van der Waals surface area contributed by atoms with Crippen LogP contribution in [0.2, 0.25) is 0 Å². The van der Waals surface area contributed by atoms with E-state index in [1.54, 1.807) is 0 Å². The first-order valence-electron chi connectivity index (χ1n) is 9.25. The van der Waals surface area contributed by atoms with Gasteiger partial charge in [-0.05, 0) is 25.9 Å². The van der Waals surface area contributed by atoms with Gasteiger partial charge in [0.05, 0.1) is 85.4 Å². The van der Waals surface area contributed by atoms with E-state index in [0.717, 1.165) is 25.9 Å². The summed E-state index contributed by atoms with van der Waals surface area (Å²) in [5.41, 5.74) is 0. The molecule has 1 fully saturated rings. The molecule has 1 heterocycles. The lowest BCUT2D eigenvalue weighted by molar-refractivity contribution is -0.0300. The van der Waals surface area contributed by atoms with Gasteiger partial charge in [-0.1, -0.05) is 0 Å². The highest BCUT2D eigenvalue weighted by atomic mass is 16.6. The number of rotatable bonds is 18. The fraction of sp³-hybridized carbons (Fsp3) is 1.00. The molecule has 25 heavy (non-hydrogen) atoms. The average Bonchev–Trinajstić information content (AvgIpc) is 2.65. The molecule has 0 aliphatic carbocycles. The molecular formula is C17H35NO7. The van der Waals surface area contributed by atoms with E-state index in [0.29, 0.717) is 78.8 Å². The lowest BCUT2D eigenvalue weighted by Crippen LogP contribution is -2.33. The molecule has 8 nitrogen and oxygen atoms in total. The molecule has 1 aliphatic rings. The van der Waals surface area contributed by atoms with E-state index in [4.69, 9.17) is 33.5 Å². The first-order valence-corrected chi connectivity index (χ1v) is 9.25. The number of hydrogen-bond acceptors (Lipinski definition) is 8. The van der Waals surface area contributed by atoms with Crippen molar-refractivity contribution in [2.45, 2.75) is 18.9 Å². The van der Waals surface area contributed by atoms with Crippen LogP contribution in [0.25, 0.3) is 0 Å². The molecule has 0 unspecified atom stereocenters. The Kier molecular flexibility index (Phi) is 16.8. The van der Waals surface area contributed by atoms with Gasteiger partial charge in [-0.25, -0.2) is 0 Å². The standard InChI is InChI=1S/C17H35NO7/c19-5-6-20-7-8-21-9-10-22-11-12-23-13-14-24-15-16-25-17-1-3-18-4-2-17/h17-19H,1-16H2. The first-order chi connectivity index (χ1) is 12.4. The van der Waals surface area contributed by atoms with Gasteiger partial charge in [-0.3, -0.25) is 0 Å². The SMILES string of the molecule is OCCOCCOCCOCCOCCOCCOC1CCNCC1. The molecule has 0 aromatic carbocycles. The molecule has 0 atom stereocenters. The van der Waals surface area contributed by atoms with Gasteiger partial charge >= 0.3 is 0 Å². The zero-order valence-electron chi connectivity index (χ0n) is 15.3. The van der Waals surface area contributed by atoms with E-state index in [1.807, 2.05) is 0 Å². The molecular weight excluding hydrogens is 330 g/mol. The predicted molar refractivity (Wildman–Crippen MR) is 93.0 cm³/mol. The summed E-state index contributed by atoms with van der Waals surface area (Å²) in [6.07, 6.45) is 2.56. The Bertz CT molecular complexity index is 265. The highest BCUT2D eigenvalue weighted by molar-refractivity contribution is 4.67. The van der Waals surface area contributed by atoms with Crippen molar-refractivity contribution in [1.29, 1.82) is 0 Å². The minimum Gasteiger partial charge on any atom is -0.394 e. The third-order valence-electron chi connectivity index (χ3n) is 3.59. The van der Waals surface area contributed by atoms with Gasteiger partial charge in [0, 0.05) is 0 Å². The van der Waals surface area contributed by atoms with Gasteiger partial charge in [-0.2, -0.15) is 0 Å². The van der Waals surface area contributed by atoms with Gasteiger partial charge in [0.1, 0.15) is 0 Å². The fourth-order valence-electron chi connectivity index (χ4n) is 2.28. The number of aliphatic hydroxyl groups excluding tert-OH is 1. The highest BCUT2D eigenvalue weighted by Gasteiger charge is 2.12. The van der Waals surface area contributed by atoms with Gasteiger partial charge < -0.3 is 38.8 Å². The second-order valence-electron chi connectivity index (χ2n) is 5.61. The topological polar surface area (TPSA) is 87.6 Å². The van der Waals surface area contributed by atoms with Crippen molar-refractivity contribution in [3.8, 4) is 0 Å². The van der Waals surface area contributed by atoms with Crippen molar-refractivity contribution in [2.75, 3.05) is 92.4 Å². The molecule has 0 saturated carbocycles. The minimum absolute atomic E-state index is 0.0420. The van der Waals surface area contributed by atoms with Crippen LogP contribution in [-0.2, 0) is 28.4 Å². The monoisotopic (exact) mass is 365 g/mol. The second-order valence-corrected chi connectivity index (χ2v) is 5.61. The third kappa shape index (κ3) is 15.6. The van der Waals surface area contributed by atoms with Crippen LogP contribution in [0.1, 0.15) is 12.8 Å². The number of ether oxygens (including phenoxy) is 6. The third-order valence-corrected chi connectivity index (χ3v) is 3.59. The molecule has 0 aromatic heterocycles. The summed E-state index contributed by atoms with van der Waals surface area (Å²) in [7, 11) is 0. The Balaban J connectivity index is 1.65. The fourth-order valence-corrected chi connectivity index (χ4v) is 2.28. The van der Waals surface area contributed by atoms with Crippen LogP contribution in [0, 0.1) is 0 Å². The number of hydrogen-bond donors (Lipinski definition) is 2. The zero-order chi connectivity index (χ0) is 17.8. The summed E-state index contributed by atoms with van der Waals surface area (Å²) in [6.45, 7) is 8.06. The van der Waals surface area contributed by atoms with Crippen molar-refractivity contribution in [1.82, 2.24) is 5.32 Å². The largest absolute Gasteiger partial charge is 0.394 e. The van der Waals surface area contributed by atoms with E-state index in [2.05, 4.69) is 5.32 Å². The van der Waals surface area contributed by atoms with Crippen molar-refractivity contribution >= 4 is 0 Å². The Morgan fingerprint density at radius 3 is 1.44 bits per heavy atom. The van der Waals surface area contributed by atoms with Crippen LogP contribution >= 0.6 is 0 Å². The predicted octanol–water partition coefficient (Wildman–Crippen LogP) is -0.170. The van der Waals surface area contributed by atoms with Crippen LogP contribution in [0.15, 0.2) is 0 Å². The molecule has 2 N–H and O–H groups in total. The van der Waals surface area contributed by atoms with Crippen molar-refractivity contribution in [3.63, 3.8) is 0 Å². The number of piperidine rings is 1. The summed E-state index contributed by atoms with van der Waals surface area (Å²) < 4.78 is 32.4. The molecule has 0 spiro atoms. The Morgan fingerprint density at radius 2 is 1.00 bits per heavy atom. The van der Waals surface area contributed by atoms with Crippen LogP contribution in [0.5, 0.6) is 0 Å². The maximum atomic E-state index is 8.52. The summed E-state index contributed by atoms with van der Waals surface area (Å²) in [6, 6.07) is 0. The van der Waals surface area contributed by atoms with E-state index >= 15 is 0 Å². The van der Waals surface area contributed by atoms with Gasteiger partial charge in [0.2, 0.25) is 0 Å². The van der Waals surface area contributed by atoms with E-state index in [9.17, 15) is 0 Å². The second kappa shape index (κ2) is 18.5. The Morgan fingerprint density at radius 1 is 0.600 bits per heavy atom. The normalized spacial score (nSPS) is 15.7. The van der Waals surface area contributed by atoms with E-state index in [-0.39, 0.29) is 6.61 Å². The average molecular weight is 365 g/mol. The van der Waals surface area contributed by atoms with Crippen LogP contribution in [-0.4, -0.2) is 104 Å². The molecule has 150 valence electrons. The molecule has 8 heteroatoms. The summed E-state index contributed by atoms with van der Waals surface area (Å²) >= 11 is 0. The summed E-state index contributed by atoms with van der Waals surface area (Å²) in [4.78, 5) is 0. The summed E-state index contributed by atoms with van der Waals surface area (Å²) in [5.74, 6) is 0. The highest BCUT2D eigenvalue weighted by Crippen LogP contribution is 2.06. The summed E-state index contributed by atoms with van der Waals surface area (Å²) in [5, 5.41) is 11.8. The lowest BCUT2D eigenvalue weighted by atomic mass is 10.1. The first kappa shape index (κ1) is 22.7. The maximum absolute atomic E-state index is 8.52. The number of aliphatic hydroxyl groups is 1. The lowest BCUT2D eigenvalue weighted by Gasteiger charge is -2.22. The van der Waals surface area contributed by atoms with Crippen molar-refractivity contribution in [3.05, 3.63) is 0 Å². The van der Waals surface area contributed by atoms with Crippen LogP contribution in [0.3, 0.4) is 0 Å². The Labute approximate surface area is 151 Å². The molecule has 0 amide bonds. The van der Waals surface area contributed by atoms with Crippen LogP contribution < -0.4 is 5.32 Å². The van der Waals surface area contributed by atoms with Crippen molar-refractivity contribution in [2.24, 2.45) is 0 Å². The smallest absolute Gasteiger partial charge is 0.0704 e. The molecule has 1 saturated heterocycles. The van der Waals surface area contributed by atoms with E-state index in [1.165, 1.54) is 0 Å². The van der Waals surface area contributed by atoms with Crippen LogP contribution in [0.4, 0.5) is 0 Å². The van der Waals surface area contributed by atoms with E-state index < -0.39 is 0 Å². The Hall–Kier alpha value is -0.320. The molecule has 0 bridgehead atoms. The minimum atomic E-state index is 0.0420. The number of nitrogens with one attached hydrogen (secondary N) is 1. The molecule has 0 radical (unpaired) electrons. The maximum Gasteiger partial charge on any atom is 0.0704 e. The quantitative estimate of drug-likeness (QED) is 0.324. The van der Waals surface area contributed by atoms with Crippen molar-refractivity contribution < 1.29 is 33.5 Å². The zero-order valence-corrected chi connectivity index (χ0v) is 15.3. The van der Waals surface area contributed by atoms with Gasteiger partial charge in [-0.15, -0.1) is 0 Å². The van der Waals surface area contributed by atoms with Gasteiger partial charge in [0.25, 0.3) is 0 Å².